The number of furan rings is 1. The third kappa shape index (κ3) is 6.52. The maximum atomic E-state index is 6.83. The number of hydrogen-bond acceptors (Lipinski definition) is 4. The van der Waals surface area contributed by atoms with Gasteiger partial charge >= 0.3 is 0 Å². The minimum Gasteiger partial charge on any atom is -0.460 e. The zero-order valence-corrected chi connectivity index (χ0v) is 36.8. The number of fused-ring (bicyclic) bond motifs is 8. The van der Waals surface area contributed by atoms with Crippen molar-refractivity contribution in [2.24, 2.45) is 5.92 Å². The van der Waals surface area contributed by atoms with E-state index < -0.39 is 0 Å². The van der Waals surface area contributed by atoms with Crippen LogP contribution in [0.2, 0.25) is 0 Å². The van der Waals surface area contributed by atoms with Crippen LogP contribution in [0.1, 0.15) is 41.4 Å². The topological polar surface area (TPSA) is 61.7 Å². The third-order valence-electron chi connectivity index (χ3n) is 13.7. The molecule has 0 saturated heterocycles. The molecule has 6 heteroatoms. The Balaban J connectivity index is 0.997. The highest BCUT2D eigenvalue weighted by Crippen LogP contribution is 2.41. The molecule has 0 fully saturated rings. The van der Waals surface area contributed by atoms with Crippen LogP contribution in [0.25, 0.3) is 100 Å². The number of hydrogen-bond donors (Lipinski definition) is 0. The van der Waals surface area contributed by atoms with Gasteiger partial charge < -0.3 is 13.6 Å². The number of nitrogens with zero attached hydrogens (tertiary/aromatic N) is 5. The van der Waals surface area contributed by atoms with Gasteiger partial charge in [0.2, 0.25) is 0 Å². The fourth-order valence-electron chi connectivity index (χ4n) is 10.5. The first-order chi connectivity index (χ1) is 33.1. The first kappa shape index (κ1) is 38.8. The standard InChI is InChI=1S/C61H43N5O/c1-39-44(40-18-4-2-5-19-40)27-16-28-45(39)60-62-58(63-61(64-60)51-30-17-29-50-46-24-11-14-32-54(46)66(59(50)51)43-22-6-3-7-23-43)38-57-49(48-26-12-15-33-56(48)67-57)34-35-65-53-31-13-10-25-47(53)52-36-41-20-8-9-21-42(41)37-55(52)65/h2-37,39,44H,38H2,1H3/b35-34+. The van der Waals surface area contributed by atoms with Gasteiger partial charge in [0.05, 0.1) is 28.5 Å². The minimum atomic E-state index is 0.107. The summed E-state index contributed by atoms with van der Waals surface area (Å²) < 4.78 is 11.5. The Morgan fingerprint density at radius 1 is 0.567 bits per heavy atom. The van der Waals surface area contributed by atoms with Crippen LogP contribution in [-0.4, -0.2) is 24.1 Å². The van der Waals surface area contributed by atoms with Crippen LogP contribution in [-0.2, 0) is 6.42 Å². The van der Waals surface area contributed by atoms with Crippen molar-refractivity contribution < 1.29 is 4.42 Å². The molecule has 0 amide bonds. The van der Waals surface area contributed by atoms with Gasteiger partial charge in [-0.05, 0) is 76.9 Å². The first-order valence-electron chi connectivity index (χ1n) is 23.0. The zero-order chi connectivity index (χ0) is 44.4. The van der Waals surface area contributed by atoms with Crippen molar-refractivity contribution in [3.8, 4) is 17.1 Å². The molecule has 0 N–H and O–H groups in total. The van der Waals surface area contributed by atoms with E-state index in [4.69, 9.17) is 19.4 Å². The van der Waals surface area contributed by atoms with Crippen LogP contribution in [0, 0.1) is 5.92 Å². The van der Waals surface area contributed by atoms with Gasteiger partial charge in [0.15, 0.2) is 11.6 Å². The van der Waals surface area contributed by atoms with Crippen LogP contribution >= 0.6 is 0 Å². The van der Waals surface area contributed by atoms with E-state index in [2.05, 4.69) is 222 Å². The Bertz CT molecular complexity index is 3980. The second-order valence-electron chi connectivity index (χ2n) is 17.6. The molecule has 0 saturated carbocycles. The Morgan fingerprint density at radius 3 is 2.04 bits per heavy atom. The summed E-state index contributed by atoms with van der Waals surface area (Å²) in [6.07, 6.45) is 11.4. The summed E-state index contributed by atoms with van der Waals surface area (Å²) in [5.41, 5.74) is 10.6. The lowest BCUT2D eigenvalue weighted by Gasteiger charge is -2.26. The summed E-state index contributed by atoms with van der Waals surface area (Å²) in [5.74, 6) is 2.99. The lowest BCUT2D eigenvalue weighted by atomic mass is 9.79. The maximum absolute atomic E-state index is 6.83. The summed E-state index contributed by atoms with van der Waals surface area (Å²) in [4.78, 5) is 16.2. The summed E-state index contributed by atoms with van der Waals surface area (Å²) in [6, 6.07) is 66.5. The third-order valence-corrected chi connectivity index (χ3v) is 13.7. The maximum Gasteiger partial charge on any atom is 0.165 e. The highest BCUT2D eigenvalue weighted by molar-refractivity contribution is 6.15. The van der Waals surface area contributed by atoms with Gasteiger partial charge in [0, 0.05) is 61.4 Å². The molecule has 6 nitrogen and oxygen atoms in total. The molecule has 67 heavy (non-hydrogen) atoms. The molecule has 8 aromatic carbocycles. The van der Waals surface area contributed by atoms with Crippen LogP contribution in [0.15, 0.2) is 211 Å². The van der Waals surface area contributed by atoms with Crippen molar-refractivity contribution in [2.75, 3.05) is 0 Å². The van der Waals surface area contributed by atoms with Gasteiger partial charge in [-0.3, -0.25) is 0 Å². The highest BCUT2D eigenvalue weighted by Gasteiger charge is 2.28. The summed E-state index contributed by atoms with van der Waals surface area (Å²) in [6.45, 7) is 2.28. The molecular formula is C61H43N5O. The molecule has 1 aliphatic rings. The number of allylic oxidation sites excluding steroid dienone is 4. The van der Waals surface area contributed by atoms with Gasteiger partial charge in [-0.2, -0.15) is 0 Å². The molecule has 12 aromatic rings. The monoisotopic (exact) mass is 861 g/mol. The number of rotatable bonds is 8. The van der Waals surface area contributed by atoms with Gasteiger partial charge in [-0.15, -0.1) is 0 Å². The van der Waals surface area contributed by atoms with E-state index in [9.17, 15) is 0 Å². The molecule has 2 atom stereocenters. The van der Waals surface area contributed by atoms with E-state index in [1.165, 1.54) is 32.5 Å². The van der Waals surface area contributed by atoms with Crippen molar-refractivity contribution in [3.05, 3.63) is 235 Å². The second-order valence-corrected chi connectivity index (χ2v) is 17.6. The Morgan fingerprint density at radius 2 is 1.22 bits per heavy atom. The summed E-state index contributed by atoms with van der Waals surface area (Å²) in [7, 11) is 0. The van der Waals surface area contributed by atoms with Crippen LogP contribution in [0.4, 0.5) is 0 Å². The lowest BCUT2D eigenvalue weighted by molar-refractivity contribution is 0.555. The van der Waals surface area contributed by atoms with E-state index in [0.717, 1.165) is 66.6 Å². The van der Waals surface area contributed by atoms with Crippen LogP contribution < -0.4 is 0 Å². The fraction of sp³-hybridized carbons (Fsp3) is 0.0656. The zero-order valence-electron chi connectivity index (χ0n) is 36.8. The highest BCUT2D eigenvalue weighted by atomic mass is 16.3. The number of benzene rings is 8. The quantitative estimate of drug-likeness (QED) is 0.153. The van der Waals surface area contributed by atoms with Crippen LogP contribution in [0.3, 0.4) is 0 Å². The molecule has 4 heterocycles. The molecule has 2 unspecified atom stereocenters. The van der Waals surface area contributed by atoms with E-state index in [-0.39, 0.29) is 11.8 Å². The summed E-state index contributed by atoms with van der Waals surface area (Å²) >= 11 is 0. The second kappa shape index (κ2) is 15.8. The summed E-state index contributed by atoms with van der Waals surface area (Å²) in [5, 5.41) is 8.21. The normalized spacial score (nSPS) is 15.3. The minimum absolute atomic E-state index is 0.107. The SMILES string of the molecule is CC1C(c2nc(Cc3oc4ccccc4c3/C=C/n3c4ccccc4c4cc5ccccc5cc43)nc(-c3cccc4c5ccccc5n(-c5ccccc5)c34)n2)=CC=CC1c1ccccc1. The Hall–Kier alpha value is -8.61. The molecule has 0 spiro atoms. The molecule has 318 valence electrons. The van der Waals surface area contributed by atoms with Crippen molar-refractivity contribution in [2.45, 2.75) is 19.3 Å². The van der Waals surface area contributed by atoms with Gasteiger partial charge in [-0.1, -0.05) is 165 Å². The van der Waals surface area contributed by atoms with Gasteiger partial charge in [0.1, 0.15) is 17.2 Å². The molecule has 13 rings (SSSR count). The van der Waals surface area contributed by atoms with Gasteiger partial charge in [-0.25, -0.2) is 15.0 Å². The molecule has 0 bridgehead atoms. The predicted octanol–water partition coefficient (Wildman–Crippen LogP) is 15.2. The van der Waals surface area contributed by atoms with Gasteiger partial charge in [0.25, 0.3) is 0 Å². The molecule has 0 radical (unpaired) electrons. The fourth-order valence-corrected chi connectivity index (χ4v) is 10.5. The molecule has 1 aliphatic carbocycles. The average molecular weight is 862 g/mol. The average Bonchev–Trinajstić information content (AvgIpc) is 4.02. The first-order valence-corrected chi connectivity index (χ1v) is 23.0. The van der Waals surface area contributed by atoms with E-state index >= 15 is 0 Å². The van der Waals surface area contributed by atoms with Crippen LogP contribution in [0.5, 0.6) is 0 Å². The van der Waals surface area contributed by atoms with E-state index in [1.807, 2.05) is 12.1 Å². The predicted molar refractivity (Wildman–Crippen MR) is 276 cm³/mol. The number of para-hydroxylation sites is 5. The van der Waals surface area contributed by atoms with Crippen molar-refractivity contribution in [3.63, 3.8) is 0 Å². The lowest BCUT2D eigenvalue weighted by Crippen LogP contribution is -2.16. The largest absolute Gasteiger partial charge is 0.460 e. The number of aromatic nitrogens is 5. The van der Waals surface area contributed by atoms with Crippen molar-refractivity contribution in [1.29, 1.82) is 0 Å². The Labute approximate surface area is 387 Å². The Kier molecular flexibility index (Phi) is 9.17. The molecular weight excluding hydrogens is 819 g/mol. The van der Waals surface area contributed by atoms with Crippen molar-refractivity contribution in [1.82, 2.24) is 24.1 Å². The smallest absolute Gasteiger partial charge is 0.165 e. The van der Waals surface area contributed by atoms with E-state index in [1.54, 1.807) is 0 Å². The molecule has 4 aromatic heterocycles. The molecule has 0 aliphatic heterocycles. The van der Waals surface area contributed by atoms with Crippen molar-refractivity contribution >= 4 is 83.2 Å². The van der Waals surface area contributed by atoms with E-state index in [0.29, 0.717) is 23.9 Å².